The van der Waals surface area contributed by atoms with Gasteiger partial charge in [-0.3, -0.25) is 4.79 Å². The quantitative estimate of drug-likeness (QED) is 0.674. The zero-order valence-electron chi connectivity index (χ0n) is 14.7. The molecule has 0 saturated heterocycles. The second-order valence-electron chi connectivity index (χ2n) is 6.15. The predicted octanol–water partition coefficient (Wildman–Crippen LogP) is 3.23. The topological polar surface area (TPSA) is 68.5 Å². The van der Waals surface area contributed by atoms with Crippen LogP contribution in [-0.4, -0.2) is 24.6 Å². The van der Waals surface area contributed by atoms with Crippen molar-refractivity contribution in [1.82, 2.24) is 4.57 Å². The van der Waals surface area contributed by atoms with E-state index < -0.39 is 9.84 Å². The van der Waals surface area contributed by atoms with Crippen molar-refractivity contribution in [1.29, 1.82) is 0 Å². The summed E-state index contributed by atoms with van der Waals surface area (Å²) in [5.41, 5.74) is 2.03. The van der Waals surface area contributed by atoms with Crippen LogP contribution in [0.5, 0.6) is 0 Å². The average Bonchev–Trinajstić information content (AvgIpc) is 2.91. The molecule has 3 rings (SSSR count). The maximum Gasteiger partial charge on any atom is 0.248 e. The van der Waals surface area contributed by atoms with E-state index in [9.17, 15) is 13.2 Å². The predicted molar refractivity (Wildman–Crippen MR) is 104 cm³/mol. The van der Waals surface area contributed by atoms with E-state index in [-0.39, 0.29) is 24.5 Å². The van der Waals surface area contributed by atoms with Crippen molar-refractivity contribution in [3.8, 4) is 0 Å². The van der Waals surface area contributed by atoms with Crippen LogP contribution in [0.2, 0.25) is 0 Å². The summed E-state index contributed by atoms with van der Waals surface area (Å²) >= 11 is 1.45. The highest BCUT2D eigenvalue weighted by molar-refractivity contribution is 7.91. The van der Waals surface area contributed by atoms with Crippen LogP contribution in [0.1, 0.15) is 18.4 Å². The molecule has 2 aromatic carbocycles. The normalized spacial score (nSPS) is 12.6. The number of amides is 1. The van der Waals surface area contributed by atoms with Crippen LogP contribution in [0.3, 0.4) is 0 Å². The van der Waals surface area contributed by atoms with E-state index in [1.54, 1.807) is 24.3 Å². The van der Waals surface area contributed by atoms with Crippen LogP contribution in [0, 0.1) is 6.92 Å². The Kier molecular flexibility index (Phi) is 5.38. The molecule has 0 aliphatic carbocycles. The fraction of sp³-hybridized carbons (Fsp3) is 0.263. The molecule has 0 spiro atoms. The first-order valence-corrected chi connectivity index (χ1v) is 10.8. The Morgan fingerprint density at radius 3 is 2.50 bits per heavy atom. The third kappa shape index (κ3) is 4.11. The van der Waals surface area contributed by atoms with Crippen molar-refractivity contribution < 1.29 is 13.2 Å². The number of aryl methyl sites for hydroxylation is 2. The zero-order valence-corrected chi connectivity index (χ0v) is 16.3. The second kappa shape index (κ2) is 7.55. The number of benzene rings is 2. The number of aromatic nitrogens is 1. The van der Waals surface area contributed by atoms with E-state index in [4.69, 9.17) is 0 Å². The van der Waals surface area contributed by atoms with Gasteiger partial charge in [-0.15, -0.1) is 0 Å². The van der Waals surface area contributed by atoms with Gasteiger partial charge in [0.05, 0.1) is 20.9 Å². The fourth-order valence-corrected chi connectivity index (χ4v) is 4.97. The number of hydrogen-bond acceptors (Lipinski definition) is 4. The Morgan fingerprint density at radius 1 is 1.12 bits per heavy atom. The zero-order chi connectivity index (χ0) is 18.7. The molecule has 1 aromatic heterocycles. The molecule has 0 aliphatic rings. The van der Waals surface area contributed by atoms with Gasteiger partial charge in [0.15, 0.2) is 14.6 Å². The van der Waals surface area contributed by atoms with Crippen LogP contribution >= 0.6 is 11.3 Å². The summed E-state index contributed by atoms with van der Waals surface area (Å²) in [5.74, 6) is -0.359. The highest BCUT2D eigenvalue weighted by Crippen LogP contribution is 2.16. The van der Waals surface area contributed by atoms with E-state index in [1.165, 1.54) is 11.3 Å². The SMILES string of the molecule is Cc1ccc(S(=O)(=O)CCCC(=O)N=c2sc3ccccc3n2C)cc1. The van der Waals surface area contributed by atoms with Crippen molar-refractivity contribution in [2.24, 2.45) is 12.0 Å². The summed E-state index contributed by atoms with van der Waals surface area (Å²) < 4.78 is 27.6. The first kappa shape index (κ1) is 18.5. The molecule has 0 atom stereocenters. The highest BCUT2D eigenvalue weighted by atomic mass is 32.2. The van der Waals surface area contributed by atoms with Crippen LogP contribution in [0.25, 0.3) is 10.2 Å². The third-order valence-corrected chi connectivity index (χ3v) is 7.05. The molecule has 1 amide bonds. The van der Waals surface area contributed by atoms with Crippen molar-refractivity contribution in [3.05, 3.63) is 58.9 Å². The number of nitrogens with zero attached hydrogens (tertiary/aromatic N) is 2. The summed E-state index contributed by atoms with van der Waals surface area (Å²) in [6, 6.07) is 14.6. The van der Waals surface area contributed by atoms with E-state index in [0.29, 0.717) is 9.70 Å². The molecule has 0 bridgehead atoms. The molecule has 0 fully saturated rings. The maximum atomic E-state index is 12.3. The largest absolute Gasteiger partial charge is 0.319 e. The number of thiazole rings is 1. The van der Waals surface area contributed by atoms with Gasteiger partial charge in [0, 0.05) is 13.5 Å². The van der Waals surface area contributed by atoms with Gasteiger partial charge in [-0.2, -0.15) is 4.99 Å². The number of carbonyl (C=O) groups excluding carboxylic acids is 1. The number of para-hydroxylation sites is 1. The molecule has 5 nitrogen and oxygen atoms in total. The first-order valence-electron chi connectivity index (χ1n) is 8.28. The van der Waals surface area contributed by atoms with Crippen LogP contribution in [0.4, 0.5) is 0 Å². The number of carbonyl (C=O) groups is 1. The summed E-state index contributed by atoms with van der Waals surface area (Å²) in [7, 11) is -1.50. The van der Waals surface area contributed by atoms with Crippen LogP contribution < -0.4 is 4.80 Å². The van der Waals surface area contributed by atoms with Crippen LogP contribution in [0.15, 0.2) is 58.4 Å². The van der Waals surface area contributed by atoms with Gasteiger partial charge in [0.2, 0.25) is 5.91 Å². The van der Waals surface area contributed by atoms with Gasteiger partial charge in [-0.05, 0) is 37.6 Å². The lowest BCUT2D eigenvalue weighted by atomic mass is 10.2. The molecule has 1 heterocycles. The maximum absolute atomic E-state index is 12.3. The minimum Gasteiger partial charge on any atom is -0.319 e. The van der Waals surface area contributed by atoms with E-state index >= 15 is 0 Å². The van der Waals surface area contributed by atoms with Gasteiger partial charge in [0.1, 0.15) is 0 Å². The molecule has 0 unspecified atom stereocenters. The molecule has 0 aliphatic heterocycles. The Balaban J connectivity index is 1.67. The molecular weight excluding hydrogens is 368 g/mol. The van der Waals surface area contributed by atoms with Gasteiger partial charge in [0.25, 0.3) is 0 Å². The van der Waals surface area contributed by atoms with Crippen molar-refractivity contribution >= 4 is 37.3 Å². The smallest absolute Gasteiger partial charge is 0.248 e. The average molecular weight is 389 g/mol. The standard InChI is InChI=1S/C19H20N2O3S2/c1-14-9-11-15(12-10-14)26(23,24)13-5-8-18(22)20-19-21(2)16-6-3-4-7-17(16)25-19/h3-4,6-7,9-12H,5,8,13H2,1-2H3. The number of rotatable bonds is 5. The summed E-state index contributed by atoms with van der Waals surface area (Å²) in [5, 5.41) is 0. The summed E-state index contributed by atoms with van der Waals surface area (Å²) in [4.78, 5) is 17.2. The second-order valence-corrected chi connectivity index (χ2v) is 9.27. The molecule has 0 radical (unpaired) electrons. The Labute approximate surface area is 156 Å². The van der Waals surface area contributed by atoms with Crippen molar-refractivity contribution in [2.45, 2.75) is 24.7 Å². The summed E-state index contributed by atoms with van der Waals surface area (Å²) in [6.45, 7) is 1.91. The molecule has 136 valence electrons. The highest BCUT2D eigenvalue weighted by Gasteiger charge is 2.14. The van der Waals surface area contributed by atoms with E-state index in [1.807, 2.05) is 42.8 Å². The molecule has 26 heavy (non-hydrogen) atoms. The Bertz CT molecular complexity index is 1110. The van der Waals surface area contributed by atoms with E-state index in [0.717, 1.165) is 15.8 Å². The van der Waals surface area contributed by atoms with Gasteiger partial charge in [-0.25, -0.2) is 8.42 Å². The lowest BCUT2D eigenvalue weighted by Gasteiger charge is -2.04. The minimum atomic E-state index is -3.37. The summed E-state index contributed by atoms with van der Waals surface area (Å²) in [6.07, 6.45) is 0.368. The van der Waals surface area contributed by atoms with Crippen molar-refractivity contribution in [2.75, 3.05) is 5.75 Å². The molecule has 3 aromatic rings. The molecule has 0 saturated carbocycles. The van der Waals surface area contributed by atoms with Crippen LogP contribution in [-0.2, 0) is 21.7 Å². The van der Waals surface area contributed by atoms with Gasteiger partial charge in [-0.1, -0.05) is 41.2 Å². The van der Waals surface area contributed by atoms with E-state index in [2.05, 4.69) is 4.99 Å². The third-order valence-electron chi connectivity index (χ3n) is 4.12. The lowest BCUT2D eigenvalue weighted by molar-refractivity contribution is -0.118. The molecule has 7 heteroatoms. The monoisotopic (exact) mass is 388 g/mol. The lowest BCUT2D eigenvalue weighted by Crippen LogP contribution is -2.14. The minimum absolute atomic E-state index is 0.0597. The molecule has 0 N–H and O–H groups in total. The fourth-order valence-electron chi connectivity index (χ4n) is 2.63. The Morgan fingerprint density at radius 2 is 1.81 bits per heavy atom. The van der Waals surface area contributed by atoms with Crippen molar-refractivity contribution in [3.63, 3.8) is 0 Å². The number of sulfone groups is 1. The van der Waals surface area contributed by atoms with Gasteiger partial charge < -0.3 is 4.57 Å². The number of fused-ring (bicyclic) bond motifs is 1. The number of hydrogen-bond donors (Lipinski definition) is 0. The van der Waals surface area contributed by atoms with Gasteiger partial charge >= 0.3 is 0 Å². The molecular formula is C19H20N2O3S2. The Hall–Kier alpha value is -2.25. The first-order chi connectivity index (χ1) is 12.4.